The second-order valence-electron chi connectivity index (χ2n) is 5.58. The smallest absolute Gasteiger partial charge is 0.130 e. The van der Waals surface area contributed by atoms with Crippen molar-refractivity contribution in [3.63, 3.8) is 0 Å². The van der Waals surface area contributed by atoms with Gasteiger partial charge in [-0.25, -0.2) is 9.37 Å². The zero-order valence-corrected chi connectivity index (χ0v) is 12.8. The van der Waals surface area contributed by atoms with Gasteiger partial charge in [0.05, 0.1) is 12.8 Å². The minimum absolute atomic E-state index is 0.176. The van der Waals surface area contributed by atoms with Crippen LogP contribution in [0.4, 0.5) is 4.39 Å². The van der Waals surface area contributed by atoms with Crippen molar-refractivity contribution in [2.75, 3.05) is 7.11 Å². The van der Waals surface area contributed by atoms with E-state index in [-0.39, 0.29) is 11.2 Å². The van der Waals surface area contributed by atoms with Crippen molar-refractivity contribution in [3.8, 4) is 17.0 Å². The van der Waals surface area contributed by atoms with Crippen molar-refractivity contribution in [2.24, 2.45) is 0 Å². The molecule has 0 saturated heterocycles. The van der Waals surface area contributed by atoms with Crippen LogP contribution in [0.3, 0.4) is 0 Å². The second-order valence-corrected chi connectivity index (χ2v) is 5.99. The van der Waals surface area contributed by atoms with Crippen LogP contribution in [0.15, 0.2) is 24.3 Å². The lowest BCUT2D eigenvalue weighted by Gasteiger charge is -2.19. The van der Waals surface area contributed by atoms with E-state index >= 15 is 0 Å². The highest BCUT2D eigenvalue weighted by atomic mass is 32.1. The molecule has 5 heteroatoms. The lowest BCUT2D eigenvalue weighted by molar-refractivity contribution is 0.415. The number of aromatic nitrogens is 2. The molecular formula is C15H17FN2OS. The summed E-state index contributed by atoms with van der Waals surface area (Å²) < 4.78 is 19.2. The van der Waals surface area contributed by atoms with Gasteiger partial charge in [0.2, 0.25) is 0 Å². The first kappa shape index (κ1) is 14.7. The number of hydrogen-bond donors (Lipinski definition) is 1. The Morgan fingerprint density at radius 1 is 1.25 bits per heavy atom. The van der Waals surface area contributed by atoms with Gasteiger partial charge in [0.25, 0.3) is 0 Å². The van der Waals surface area contributed by atoms with Gasteiger partial charge in [0, 0.05) is 11.0 Å². The van der Waals surface area contributed by atoms with Crippen LogP contribution >= 0.6 is 12.2 Å². The number of H-pyrrole nitrogens is 1. The molecule has 20 heavy (non-hydrogen) atoms. The molecule has 1 aromatic heterocycles. The average molecular weight is 292 g/mol. The van der Waals surface area contributed by atoms with E-state index in [1.54, 1.807) is 19.2 Å². The number of ether oxygens (including phenoxy) is 1. The summed E-state index contributed by atoms with van der Waals surface area (Å²) in [4.78, 5) is 7.55. The largest absolute Gasteiger partial charge is 0.496 e. The van der Waals surface area contributed by atoms with Gasteiger partial charge in [0.15, 0.2) is 0 Å². The van der Waals surface area contributed by atoms with Crippen LogP contribution in [-0.2, 0) is 5.41 Å². The SMILES string of the molecule is COc1ccc(F)cc1-c1cc(=S)nc(C(C)(C)C)[nH]1. The van der Waals surface area contributed by atoms with Gasteiger partial charge < -0.3 is 9.72 Å². The summed E-state index contributed by atoms with van der Waals surface area (Å²) in [6.45, 7) is 6.10. The molecule has 0 aliphatic carbocycles. The topological polar surface area (TPSA) is 37.9 Å². The maximum Gasteiger partial charge on any atom is 0.130 e. The molecule has 0 radical (unpaired) electrons. The van der Waals surface area contributed by atoms with Crippen molar-refractivity contribution < 1.29 is 9.13 Å². The maximum atomic E-state index is 13.5. The fourth-order valence-corrected chi connectivity index (χ4v) is 2.06. The molecule has 0 saturated carbocycles. The number of benzene rings is 1. The zero-order chi connectivity index (χ0) is 14.9. The summed E-state index contributed by atoms with van der Waals surface area (Å²) in [5, 5.41) is 0. The molecule has 1 aromatic carbocycles. The van der Waals surface area contributed by atoms with Gasteiger partial charge in [-0.2, -0.15) is 0 Å². The third kappa shape index (κ3) is 3.04. The van der Waals surface area contributed by atoms with Gasteiger partial charge >= 0.3 is 0 Å². The fraction of sp³-hybridized carbons (Fsp3) is 0.333. The molecule has 3 nitrogen and oxygen atoms in total. The Balaban J connectivity index is 2.67. The molecule has 0 unspecified atom stereocenters. The Hall–Kier alpha value is -1.75. The standard InChI is InChI=1S/C15H17FN2OS/c1-15(2,3)14-17-11(8-13(20)18-14)10-7-9(16)5-6-12(10)19-4/h5-8H,1-4H3,(H,17,18,20). The first-order valence-corrected chi connectivity index (χ1v) is 6.68. The molecule has 2 aromatic rings. The normalized spacial score (nSPS) is 11.4. The number of rotatable bonds is 2. The quantitative estimate of drug-likeness (QED) is 0.841. The number of methoxy groups -OCH3 is 1. The molecule has 0 aliphatic rings. The first-order valence-electron chi connectivity index (χ1n) is 6.27. The van der Waals surface area contributed by atoms with Crippen LogP contribution in [0.2, 0.25) is 0 Å². The Morgan fingerprint density at radius 2 is 1.95 bits per heavy atom. The number of nitrogens with one attached hydrogen (secondary N) is 1. The number of halogens is 1. The van der Waals surface area contributed by atoms with Crippen molar-refractivity contribution >= 4 is 12.2 Å². The highest BCUT2D eigenvalue weighted by molar-refractivity contribution is 7.71. The molecule has 106 valence electrons. The molecule has 0 fully saturated rings. The summed E-state index contributed by atoms with van der Waals surface area (Å²) in [6.07, 6.45) is 0. The average Bonchev–Trinajstić information content (AvgIpc) is 2.37. The Morgan fingerprint density at radius 3 is 2.55 bits per heavy atom. The molecule has 0 atom stereocenters. The minimum atomic E-state index is -0.325. The van der Waals surface area contributed by atoms with Crippen molar-refractivity contribution in [1.82, 2.24) is 9.97 Å². The zero-order valence-electron chi connectivity index (χ0n) is 12.0. The van der Waals surface area contributed by atoms with Crippen molar-refractivity contribution in [1.29, 1.82) is 0 Å². The Bertz CT molecular complexity index is 689. The molecule has 1 heterocycles. The van der Waals surface area contributed by atoms with Crippen LogP contribution in [0.5, 0.6) is 5.75 Å². The van der Waals surface area contributed by atoms with Crippen LogP contribution in [0.25, 0.3) is 11.3 Å². The molecular weight excluding hydrogens is 275 g/mol. The van der Waals surface area contributed by atoms with Crippen LogP contribution in [0, 0.1) is 10.5 Å². The third-order valence-corrected chi connectivity index (χ3v) is 3.11. The van der Waals surface area contributed by atoms with Crippen LogP contribution in [0.1, 0.15) is 26.6 Å². The predicted molar refractivity (Wildman–Crippen MR) is 80.1 cm³/mol. The predicted octanol–water partition coefficient (Wildman–Crippen LogP) is 4.25. The first-order chi connectivity index (χ1) is 9.31. The number of aromatic amines is 1. The van der Waals surface area contributed by atoms with Gasteiger partial charge in [-0.1, -0.05) is 33.0 Å². The lowest BCUT2D eigenvalue weighted by Crippen LogP contribution is -2.16. The van der Waals surface area contributed by atoms with Gasteiger partial charge in [-0.15, -0.1) is 0 Å². The summed E-state index contributed by atoms with van der Waals surface area (Å²) in [5.74, 6) is 1.02. The van der Waals surface area contributed by atoms with Crippen LogP contribution < -0.4 is 4.74 Å². The van der Waals surface area contributed by atoms with Gasteiger partial charge in [-0.3, -0.25) is 0 Å². The maximum absolute atomic E-state index is 13.5. The van der Waals surface area contributed by atoms with E-state index in [2.05, 4.69) is 9.97 Å². The lowest BCUT2D eigenvalue weighted by atomic mass is 9.95. The van der Waals surface area contributed by atoms with E-state index in [1.165, 1.54) is 12.1 Å². The number of nitrogens with zero attached hydrogens (tertiary/aromatic N) is 1. The highest BCUT2D eigenvalue weighted by Gasteiger charge is 2.18. The van der Waals surface area contributed by atoms with E-state index in [9.17, 15) is 4.39 Å². The summed E-state index contributed by atoms with van der Waals surface area (Å²) in [7, 11) is 1.55. The molecule has 0 aliphatic heterocycles. The second kappa shape index (κ2) is 5.32. The van der Waals surface area contributed by atoms with E-state index in [1.807, 2.05) is 20.8 Å². The fourth-order valence-electron chi connectivity index (χ4n) is 1.85. The molecule has 0 bridgehead atoms. The monoisotopic (exact) mass is 292 g/mol. The summed E-state index contributed by atoms with van der Waals surface area (Å²) in [6, 6.07) is 6.09. The Labute approximate surface area is 122 Å². The minimum Gasteiger partial charge on any atom is -0.496 e. The summed E-state index contributed by atoms with van der Waals surface area (Å²) >= 11 is 5.20. The van der Waals surface area contributed by atoms with E-state index in [0.29, 0.717) is 21.6 Å². The molecule has 2 rings (SSSR count). The highest BCUT2D eigenvalue weighted by Crippen LogP contribution is 2.30. The van der Waals surface area contributed by atoms with Crippen molar-refractivity contribution in [3.05, 3.63) is 40.5 Å². The van der Waals surface area contributed by atoms with Crippen molar-refractivity contribution in [2.45, 2.75) is 26.2 Å². The molecule has 0 amide bonds. The third-order valence-electron chi connectivity index (χ3n) is 2.90. The Kier molecular flexibility index (Phi) is 3.90. The van der Waals surface area contributed by atoms with E-state index < -0.39 is 0 Å². The number of hydrogen-bond acceptors (Lipinski definition) is 3. The van der Waals surface area contributed by atoms with E-state index in [4.69, 9.17) is 17.0 Å². The van der Waals surface area contributed by atoms with Gasteiger partial charge in [-0.05, 0) is 24.3 Å². The van der Waals surface area contributed by atoms with Gasteiger partial charge in [0.1, 0.15) is 22.0 Å². The molecule has 0 spiro atoms. The molecule has 1 N–H and O–H groups in total. The van der Waals surface area contributed by atoms with E-state index in [0.717, 1.165) is 5.82 Å². The van der Waals surface area contributed by atoms with Crippen LogP contribution in [-0.4, -0.2) is 17.1 Å². The summed E-state index contributed by atoms with van der Waals surface area (Å²) in [5.41, 5.74) is 1.15.